The summed E-state index contributed by atoms with van der Waals surface area (Å²) in [5, 5.41) is 4.03. The zero-order valence-corrected chi connectivity index (χ0v) is 15.6. The predicted octanol–water partition coefficient (Wildman–Crippen LogP) is 3.86. The number of aromatic nitrogens is 2. The molecule has 1 aliphatic rings. The highest BCUT2D eigenvalue weighted by Gasteiger charge is 2.25. The van der Waals surface area contributed by atoms with E-state index in [0.717, 1.165) is 30.7 Å². The second-order valence-electron chi connectivity index (χ2n) is 6.59. The third kappa shape index (κ3) is 4.42. The smallest absolute Gasteiger partial charge is 0.227 e. The lowest BCUT2D eigenvalue weighted by Gasteiger charge is -2.27. The van der Waals surface area contributed by atoms with Crippen molar-refractivity contribution in [3.05, 3.63) is 30.2 Å². The van der Waals surface area contributed by atoms with Gasteiger partial charge < -0.3 is 14.2 Å². The van der Waals surface area contributed by atoms with Crippen LogP contribution in [-0.2, 0) is 11.2 Å². The Morgan fingerprint density at radius 1 is 1.23 bits per heavy atom. The third-order valence-corrected chi connectivity index (χ3v) is 4.87. The number of carbonyl (C=O) groups is 1. The maximum Gasteiger partial charge on any atom is 0.227 e. The lowest BCUT2D eigenvalue weighted by atomic mass is 10.1. The summed E-state index contributed by atoms with van der Waals surface area (Å²) in [5.41, 5.74) is 0.871. The van der Waals surface area contributed by atoms with Gasteiger partial charge in [0.15, 0.2) is 0 Å². The Morgan fingerprint density at radius 2 is 1.96 bits per heavy atom. The molecular weight excluding hydrogens is 330 g/mol. The van der Waals surface area contributed by atoms with E-state index < -0.39 is 0 Å². The second-order valence-corrected chi connectivity index (χ2v) is 6.59. The number of aryl methyl sites for hydroxylation is 1. The molecule has 2 aromatic rings. The van der Waals surface area contributed by atoms with E-state index in [4.69, 9.17) is 9.26 Å². The zero-order valence-electron chi connectivity index (χ0n) is 15.6. The van der Waals surface area contributed by atoms with Gasteiger partial charge >= 0.3 is 0 Å². The van der Waals surface area contributed by atoms with Crippen LogP contribution in [0.25, 0.3) is 11.4 Å². The van der Waals surface area contributed by atoms with Gasteiger partial charge in [0, 0.05) is 31.0 Å². The first-order valence-corrected chi connectivity index (χ1v) is 9.56. The van der Waals surface area contributed by atoms with Crippen LogP contribution < -0.4 is 4.74 Å². The molecule has 0 radical (unpaired) electrons. The number of amides is 1. The van der Waals surface area contributed by atoms with E-state index >= 15 is 0 Å². The molecular formula is C20H27N3O3. The summed E-state index contributed by atoms with van der Waals surface area (Å²) in [6.45, 7) is 5.40. The van der Waals surface area contributed by atoms with Gasteiger partial charge in [-0.1, -0.05) is 18.0 Å². The van der Waals surface area contributed by atoms with Crippen molar-refractivity contribution in [1.29, 1.82) is 0 Å². The number of rotatable bonds is 8. The zero-order chi connectivity index (χ0) is 18.4. The van der Waals surface area contributed by atoms with Crippen LogP contribution in [0.1, 0.15) is 51.8 Å². The number of benzene rings is 1. The van der Waals surface area contributed by atoms with Crippen LogP contribution in [-0.4, -0.2) is 40.1 Å². The van der Waals surface area contributed by atoms with Crippen LogP contribution in [0, 0.1) is 0 Å². The van der Waals surface area contributed by atoms with Gasteiger partial charge in [0.05, 0.1) is 6.61 Å². The van der Waals surface area contributed by atoms with Crippen LogP contribution in [0.3, 0.4) is 0 Å². The maximum absolute atomic E-state index is 12.5. The highest BCUT2D eigenvalue weighted by atomic mass is 16.5. The lowest BCUT2D eigenvalue weighted by molar-refractivity contribution is -0.133. The Balaban J connectivity index is 1.57. The Morgan fingerprint density at radius 3 is 2.62 bits per heavy atom. The van der Waals surface area contributed by atoms with E-state index in [0.29, 0.717) is 37.2 Å². The fourth-order valence-corrected chi connectivity index (χ4v) is 3.55. The maximum atomic E-state index is 12.5. The van der Waals surface area contributed by atoms with Gasteiger partial charge in [0.1, 0.15) is 5.75 Å². The molecule has 0 saturated heterocycles. The summed E-state index contributed by atoms with van der Waals surface area (Å²) < 4.78 is 10.8. The fourth-order valence-electron chi connectivity index (χ4n) is 3.55. The van der Waals surface area contributed by atoms with E-state index in [-0.39, 0.29) is 5.91 Å². The van der Waals surface area contributed by atoms with Crippen molar-refractivity contribution < 1.29 is 14.1 Å². The van der Waals surface area contributed by atoms with Gasteiger partial charge in [-0.15, -0.1) is 0 Å². The minimum Gasteiger partial charge on any atom is -0.494 e. The van der Waals surface area contributed by atoms with Gasteiger partial charge in [0.25, 0.3) is 0 Å². The number of ether oxygens (including phenoxy) is 1. The molecule has 6 heteroatoms. The molecule has 1 aliphatic carbocycles. The third-order valence-electron chi connectivity index (χ3n) is 4.87. The minimum atomic E-state index is 0.181. The summed E-state index contributed by atoms with van der Waals surface area (Å²) >= 11 is 0. The van der Waals surface area contributed by atoms with Crippen molar-refractivity contribution in [2.24, 2.45) is 0 Å². The average molecular weight is 357 g/mol. The Hall–Kier alpha value is -2.37. The topological polar surface area (TPSA) is 68.5 Å². The molecule has 1 aromatic heterocycles. The monoisotopic (exact) mass is 357 g/mol. The van der Waals surface area contributed by atoms with Crippen molar-refractivity contribution in [1.82, 2.24) is 15.0 Å². The first kappa shape index (κ1) is 18.4. The highest BCUT2D eigenvalue weighted by Crippen LogP contribution is 2.24. The Bertz CT molecular complexity index is 705. The second kappa shape index (κ2) is 8.83. The van der Waals surface area contributed by atoms with Gasteiger partial charge in [-0.05, 0) is 51.0 Å². The predicted molar refractivity (Wildman–Crippen MR) is 98.9 cm³/mol. The van der Waals surface area contributed by atoms with Crippen LogP contribution in [0.5, 0.6) is 5.75 Å². The van der Waals surface area contributed by atoms with Crippen molar-refractivity contribution in [3.63, 3.8) is 0 Å². The lowest BCUT2D eigenvalue weighted by Crippen LogP contribution is -2.38. The average Bonchev–Trinajstić information content (AvgIpc) is 3.34. The van der Waals surface area contributed by atoms with Crippen LogP contribution in [0.4, 0.5) is 0 Å². The molecule has 1 heterocycles. The molecule has 1 amide bonds. The highest BCUT2D eigenvalue weighted by molar-refractivity contribution is 5.76. The molecule has 0 N–H and O–H groups in total. The SMILES string of the molecule is CCOc1ccc(-c2noc(CCC(=O)N(CC)C3CCCC3)n2)cc1. The van der Waals surface area contributed by atoms with Crippen molar-refractivity contribution in [2.75, 3.05) is 13.2 Å². The quantitative estimate of drug-likeness (QED) is 0.717. The van der Waals surface area contributed by atoms with Crippen LogP contribution in [0.2, 0.25) is 0 Å². The van der Waals surface area contributed by atoms with Gasteiger partial charge in [-0.3, -0.25) is 4.79 Å². The standard InChI is InChI=1S/C20H27N3O3/c1-3-23(16-7-5-6-8-16)19(24)14-13-18-21-20(22-26-18)15-9-11-17(12-10-15)25-4-2/h9-12,16H,3-8,13-14H2,1-2H3. The number of carbonyl (C=O) groups excluding carboxylic acids is 1. The molecule has 0 unspecified atom stereocenters. The summed E-state index contributed by atoms with van der Waals surface area (Å²) in [7, 11) is 0. The van der Waals surface area contributed by atoms with Crippen molar-refractivity contribution in [2.45, 2.75) is 58.4 Å². The summed E-state index contributed by atoms with van der Waals surface area (Å²) in [4.78, 5) is 19.0. The van der Waals surface area contributed by atoms with Gasteiger partial charge in [-0.25, -0.2) is 0 Å². The summed E-state index contributed by atoms with van der Waals surface area (Å²) in [5.74, 6) is 2.04. The molecule has 0 aliphatic heterocycles. The number of nitrogens with zero attached hydrogens (tertiary/aromatic N) is 3. The number of hydrogen-bond acceptors (Lipinski definition) is 5. The molecule has 3 rings (SSSR count). The molecule has 6 nitrogen and oxygen atoms in total. The van der Waals surface area contributed by atoms with E-state index in [1.165, 1.54) is 12.8 Å². The molecule has 1 saturated carbocycles. The van der Waals surface area contributed by atoms with E-state index in [1.54, 1.807) is 0 Å². The Kier molecular flexibility index (Phi) is 6.26. The molecule has 0 spiro atoms. The van der Waals surface area contributed by atoms with Crippen molar-refractivity contribution >= 4 is 5.91 Å². The fraction of sp³-hybridized carbons (Fsp3) is 0.550. The van der Waals surface area contributed by atoms with Crippen molar-refractivity contribution in [3.8, 4) is 17.1 Å². The molecule has 1 fully saturated rings. The molecule has 0 atom stereocenters. The first-order valence-electron chi connectivity index (χ1n) is 9.56. The number of hydrogen-bond donors (Lipinski definition) is 0. The first-order chi connectivity index (χ1) is 12.7. The van der Waals surface area contributed by atoms with Gasteiger partial charge in [-0.2, -0.15) is 4.98 Å². The van der Waals surface area contributed by atoms with Crippen LogP contribution in [0.15, 0.2) is 28.8 Å². The van der Waals surface area contributed by atoms with E-state index in [2.05, 4.69) is 10.1 Å². The molecule has 1 aromatic carbocycles. The molecule has 0 bridgehead atoms. The minimum absolute atomic E-state index is 0.181. The normalized spacial score (nSPS) is 14.5. The molecule has 26 heavy (non-hydrogen) atoms. The molecule has 140 valence electrons. The summed E-state index contributed by atoms with van der Waals surface area (Å²) in [6.07, 6.45) is 5.60. The van der Waals surface area contributed by atoms with Gasteiger partial charge in [0.2, 0.25) is 17.6 Å². The van der Waals surface area contributed by atoms with Crippen LogP contribution >= 0.6 is 0 Å². The van der Waals surface area contributed by atoms with E-state index in [1.807, 2.05) is 43.0 Å². The Labute approximate surface area is 154 Å². The van der Waals surface area contributed by atoms with E-state index in [9.17, 15) is 4.79 Å². The summed E-state index contributed by atoms with van der Waals surface area (Å²) in [6, 6.07) is 8.00. The largest absolute Gasteiger partial charge is 0.494 e.